The zero-order valence-corrected chi connectivity index (χ0v) is 15.9. The van der Waals surface area contributed by atoms with Gasteiger partial charge in [0.15, 0.2) is 0 Å². The first-order valence-electron chi connectivity index (χ1n) is 8.86. The van der Waals surface area contributed by atoms with E-state index in [1.807, 2.05) is 54.3 Å². The standard InChI is InChI=1S/C20H24ClN3O2/c1-3-26-18-7-5-17(6-8-18)22-20(25)24-12-10-23(11-13-24)19-9-4-16(21)14-15(19)2/h4-9,14H,3,10-13H2,1-2H3,(H,22,25). The molecule has 1 aliphatic heterocycles. The second-order valence-electron chi connectivity index (χ2n) is 6.29. The molecule has 2 aromatic rings. The molecular weight excluding hydrogens is 350 g/mol. The Balaban J connectivity index is 1.54. The van der Waals surface area contributed by atoms with Gasteiger partial charge in [-0.3, -0.25) is 0 Å². The molecule has 0 unspecified atom stereocenters. The summed E-state index contributed by atoms with van der Waals surface area (Å²) < 4.78 is 5.42. The monoisotopic (exact) mass is 373 g/mol. The number of benzene rings is 2. The van der Waals surface area contributed by atoms with E-state index in [-0.39, 0.29) is 6.03 Å². The quantitative estimate of drug-likeness (QED) is 0.863. The molecule has 26 heavy (non-hydrogen) atoms. The van der Waals surface area contributed by atoms with E-state index in [0.717, 1.165) is 35.1 Å². The minimum Gasteiger partial charge on any atom is -0.494 e. The molecule has 1 fully saturated rings. The van der Waals surface area contributed by atoms with Gasteiger partial charge in [0, 0.05) is 42.6 Å². The molecule has 0 spiro atoms. The Bertz CT molecular complexity index is 756. The number of ether oxygens (including phenoxy) is 1. The van der Waals surface area contributed by atoms with Crippen molar-refractivity contribution in [3.63, 3.8) is 0 Å². The maximum atomic E-state index is 12.5. The molecule has 138 valence electrons. The second-order valence-corrected chi connectivity index (χ2v) is 6.73. The summed E-state index contributed by atoms with van der Waals surface area (Å²) in [5, 5.41) is 3.70. The van der Waals surface area contributed by atoms with Crippen molar-refractivity contribution in [2.45, 2.75) is 13.8 Å². The number of piperazine rings is 1. The minimum absolute atomic E-state index is 0.0679. The highest BCUT2D eigenvalue weighted by atomic mass is 35.5. The maximum absolute atomic E-state index is 12.5. The largest absolute Gasteiger partial charge is 0.494 e. The molecule has 1 heterocycles. The van der Waals surface area contributed by atoms with Gasteiger partial charge < -0.3 is 19.9 Å². The van der Waals surface area contributed by atoms with Crippen LogP contribution in [0.15, 0.2) is 42.5 Å². The molecule has 0 radical (unpaired) electrons. The van der Waals surface area contributed by atoms with Crippen LogP contribution in [0.25, 0.3) is 0 Å². The van der Waals surface area contributed by atoms with Crippen molar-refractivity contribution in [1.82, 2.24) is 4.90 Å². The molecule has 1 N–H and O–H groups in total. The predicted octanol–water partition coefficient (Wildman–Crippen LogP) is 4.40. The molecular formula is C20H24ClN3O2. The number of nitrogens with one attached hydrogen (secondary N) is 1. The summed E-state index contributed by atoms with van der Waals surface area (Å²) in [6.07, 6.45) is 0. The van der Waals surface area contributed by atoms with Crippen LogP contribution in [0.2, 0.25) is 5.02 Å². The van der Waals surface area contributed by atoms with Gasteiger partial charge in [0.25, 0.3) is 0 Å². The summed E-state index contributed by atoms with van der Waals surface area (Å²) in [6, 6.07) is 13.3. The number of carbonyl (C=O) groups excluding carboxylic acids is 1. The number of nitrogens with zero attached hydrogens (tertiary/aromatic N) is 2. The first kappa shape index (κ1) is 18.4. The fourth-order valence-electron chi connectivity index (χ4n) is 3.13. The summed E-state index contributed by atoms with van der Waals surface area (Å²) in [6.45, 7) is 7.62. The van der Waals surface area contributed by atoms with Crippen molar-refractivity contribution >= 4 is 29.0 Å². The first-order valence-corrected chi connectivity index (χ1v) is 9.24. The van der Waals surface area contributed by atoms with Crippen molar-refractivity contribution in [3.8, 4) is 5.75 Å². The van der Waals surface area contributed by atoms with Gasteiger partial charge >= 0.3 is 6.03 Å². The molecule has 0 bridgehead atoms. The minimum atomic E-state index is -0.0679. The fourth-order valence-corrected chi connectivity index (χ4v) is 3.35. The Labute approximate surface area is 159 Å². The summed E-state index contributed by atoms with van der Waals surface area (Å²) in [5.41, 5.74) is 3.11. The van der Waals surface area contributed by atoms with E-state index < -0.39 is 0 Å². The third-order valence-electron chi connectivity index (χ3n) is 4.48. The average Bonchev–Trinajstić information content (AvgIpc) is 2.64. The molecule has 0 aliphatic carbocycles. The number of anilines is 2. The highest BCUT2D eigenvalue weighted by Gasteiger charge is 2.22. The van der Waals surface area contributed by atoms with Crippen LogP contribution >= 0.6 is 11.6 Å². The number of hydrogen-bond acceptors (Lipinski definition) is 3. The van der Waals surface area contributed by atoms with Crippen LogP contribution in [0.4, 0.5) is 16.2 Å². The Hall–Kier alpha value is -2.40. The third kappa shape index (κ3) is 4.41. The summed E-state index contributed by atoms with van der Waals surface area (Å²) in [5.74, 6) is 0.803. The SMILES string of the molecule is CCOc1ccc(NC(=O)N2CCN(c3ccc(Cl)cc3C)CC2)cc1. The summed E-state index contributed by atoms with van der Waals surface area (Å²) in [7, 11) is 0. The molecule has 3 rings (SSSR count). The van der Waals surface area contributed by atoms with E-state index in [1.54, 1.807) is 0 Å². The van der Waals surface area contributed by atoms with Crippen LogP contribution in [-0.2, 0) is 0 Å². The van der Waals surface area contributed by atoms with Gasteiger partial charge in [0.1, 0.15) is 5.75 Å². The van der Waals surface area contributed by atoms with Crippen molar-refractivity contribution in [2.75, 3.05) is 43.0 Å². The van der Waals surface area contributed by atoms with Gasteiger partial charge in [-0.2, -0.15) is 0 Å². The highest BCUT2D eigenvalue weighted by Crippen LogP contribution is 2.25. The molecule has 0 saturated carbocycles. The predicted molar refractivity (Wildman–Crippen MR) is 107 cm³/mol. The van der Waals surface area contributed by atoms with Crippen LogP contribution < -0.4 is 15.0 Å². The average molecular weight is 374 g/mol. The van der Waals surface area contributed by atoms with Gasteiger partial charge in [-0.05, 0) is 61.9 Å². The third-order valence-corrected chi connectivity index (χ3v) is 4.72. The van der Waals surface area contributed by atoms with Crippen LogP contribution in [0.3, 0.4) is 0 Å². The number of aryl methyl sites for hydroxylation is 1. The smallest absolute Gasteiger partial charge is 0.321 e. The lowest BCUT2D eigenvalue weighted by molar-refractivity contribution is 0.208. The van der Waals surface area contributed by atoms with Crippen molar-refractivity contribution < 1.29 is 9.53 Å². The lowest BCUT2D eigenvalue weighted by Crippen LogP contribution is -2.50. The molecule has 2 aromatic carbocycles. The molecule has 0 aromatic heterocycles. The number of rotatable bonds is 4. The van der Waals surface area contributed by atoms with E-state index in [9.17, 15) is 4.79 Å². The number of carbonyl (C=O) groups is 1. The molecule has 1 aliphatic rings. The second kappa shape index (κ2) is 8.32. The lowest BCUT2D eigenvalue weighted by Gasteiger charge is -2.36. The summed E-state index contributed by atoms with van der Waals surface area (Å²) >= 11 is 6.04. The number of amides is 2. The van der Waals surface area contributed by atoms with Crippen molar-refractivity contribution in [3.05, 3.63) is 53.1 Å². The fraction of sp³-hybridized carbons (Fsp3) is 0.350. The van der Waals surface area contributed by atoms with E-state index in [2.05, 4.69) is 17.1 Å². The Morgan fingerprint density at radius 1 is 1.12 bits per heavy atom. The van der Waals surface area contributed by atoms with Gasteiger partial charge in [0.05, 0.1) is 6.61 Å². The van der Waals surface area contributed by atoms with Crippen molar-refractivity contribution in [1.29, 1.82) is 0 Å². The number of urea groups is 1. The van der Waals surface area contributed by atoms with Gasteiger partial charge in [-0.25, -0.2) is 4.79 Å². The Kier molecular flexibility index (Phi) is 5.89. The van der Waals surface area contributed by atoms with E-state index in [1.165, 1.54) is 5.69 Å². The number of halogens is 1. The zero-order chi connectivity index (χ0) is 18.5. The highest BCUT2D eigenvalue weighted by molar-refractivity contribution is 6.30. The van der Waals surface area contributed by atoms with Crippen LogP contribution in [-0.4, -0.2) is 43.7 Å². The van der Waals surface area contributed by atoms with Gasteiger partial charge in [-0.1, -0.05) is 11.6 Å². The van der Waals surface area contributed by atoms with Gasteiger partial charge in [0.2, 0.25) is 0 Å². The molecule has 1 saturated heterocycles. The van der Waals surface area contributed by atoms with Crippen LogP contribution in [0, 0.1) is 6.92 Å². The molecule has 5 nitrogen and oxygen atoms in total. The van der Waals surface area contributed by atoms with Crippen LogP contribution in [0.1, 0.15) is 12.5 Å². The topological polar surface area (TPSA) is 44.8 Å². The van der Waals surface area contributed by atoms with E-state index >= 15 is 0 Å². The van der Waals surface area contributed by atoms with Crippen molar-refractivity contribution in [2.24, 2.45) is 0 Å². The maximum Gasteiger partial charge on any atom is 0.321 e. The van der Waals surface area contributed by atoms with Gasteiger partial charge in [-0.15, -0.1) is 0 Å². The Morgan fingerprint density at radius 2 is 1.81 bits per heavy atom. The molecule has 6 heteroatoms. The molecule has 2 amide bonds. The Morgan fingerprint density at radius 3 is 2.42 bits per heavy atom. The summed E-state index contributed by atoms with van der Waals surface area (Å²) in [4.78, 5) is 16.6. The van der Waals surface area contributed by atoms with E-state index in [4.69, 9.17) is 16.3 Å². The first-order chi connectivity index (χ1) is 12.6. The normalized spacial score (nSPS) is 14.3. The van der Waals surface area contributed by atoms with Crippen LogP contribution in [0.5, 0.6) is 5.75 Å². The molecule has 0 atom stereocenters. The number of hydrogen-bond donors (Lipinski definition) is 1. The van der Waals surface area contributed by atoms with E-state index in [0.29, 0.717) is 19.7 Å². The zero-order valence-electron chi connectivity index (χ0n) is 15.2. The lowest BCUT2D eigenvalue weighted by atomic mass is 10.1.